The van der Waals surface area contributed by atoms with E-state index in [-0.39, 0.29) is 11.9 Å². The lowest BCUT2D eigenvalue weighted by molar-refractivity contribution is 0.0938. The lowest BCUT2D eigenvalue weighted by Gasteiger charge is -2.36. The molecule has 9 heteroatoms. The lowest BCUT2D eigenvalue weighted by atomic mass is 9.98. The van der Waals surface area contributed by atoms with Gasteiger partial charge in [-0.3, -0.25) is 14.4 Å². The summed E-state index contributed by atoms with van der Waals surface area (Å²) in [5.74, 6) is 1.76. The first-order valence-corrected chi connectivity index (χ1v) is 11.2. The third-order valence-electron chi connectivity index (χ3n) is 5.74. The number of aromatic nitrogens is 3. The minimum atomic E-state index is -0.187. The molecule has 1 aliphatic rings. The fourth-order valence-corrected chi connectivity index (χ4v) is 4.19. The smallest absolute Gasteiger partial charge is 0.273 e. The zero-order valence-electron chi connectivity index (χ0n) is 19.8. The van der Waals surface area contributed by atoms with Gasteiger partial charge in [-0.15, -0.1) is 5.10 Å². The Kier molecular flexibility index (Phi) is 8.33. The van der Waals surface area contributed by atoms with Crippen LogP contribution in [0.3, 0.4) is 0 Å². The first-order valence-electron chi connectivity index (χ1n) is 11.2. The maximum Gasteiger partial charge on any atom is 0.273 e. The second kappa shape index (κ2) is 11.2. The Balaban J connectivity index is 1.66. The van der Waals surface area contributed by atoms with Crippen LogP contribution in [-0.2, 0) is 13.1 Å². The number of amides is 1. The highest BCUT2D eigenvalue weighted by Gasteiger charge is 2.24. The predicted octanol–water partition coefficient (Wildman–Crippen LogP) is 2.89. The average molecular weight is 446 g/mol. The number of carbonyl (C=O) groups is 1. The molecule has 3 rings (SSSR count). The van der Waals surface area contributed by atoms with Crippen molar-refractivity contribution in [3.63, 3.8) is 0 Å². The Morgan fingerprint density at radius 3 is 2.50 bits per heavy atom. The van der Waals surface area contributed by atoms with E-state index in [1.165, 1.54) is 12.8 Å². The largest absolute Gasteiger partial charge is 0.493 e. The Bertz CT molecular complexity index is 873. The van der Waals surface area contributed by atoms with Crippen molar-refractivity contribution in [3.8, 4) is 17.2 Å². The molecule has 1 N–H and O–H groups in total. The molecule has 1 atom stereocenters. The van der Waals surface area contributed by atoms with Gasteiger partial charge in [-0.2, -0.15) is 0 Å². The van der Waals surface area contributed by atoms with Gasteiger partial charge in [-0.05, 0) is 57.4 Å². The molecule has 1 saturated heterocycles. The fourth-order valence-electron chi connectivity index (χ4n) is 4.19. The molecular weight excluding hydrogens is 410 g/mol. The highest BCUT2D eigenvalue weighted by Crippen LogP contribution is 2.39. The number of nitrogens with one attached hydrogen (secondary N) is 1. The minimum absolute atomic E-state index is 0.0682. The molecule has 1 aromatic heterocycles. The third kappa shape index (κ3) is 5.91. The topological polar surface area (TPSA) is 90.7 Å². The number of hydrogen-bond donors (Lipinski definition) is 1. The fraction of sp³-hybridized carbons (Fsp3) is 0.609. The minimum Gasteiger partial charge on any atom is -0.493 e. The third-order valence-corrected chi connectivity index (χ3v) is 5.74. The summed E-state index contributed by atoms with van der Waals surface area (Å²) < 4.78 is 18.2. The summed E-state index contributed by atoms with van der Waals surface area (Å²) in [7, 11) is 4.89. The monoisotopic (exact) mass is 445 g/mol. The van der Waals surface area contributed by atoms with Crippen molar-refractivity contribution in [1.29, 1.82) is 0 Å². The van der Waals surface area contributed by atoms with Gasteiger partial charge in [0, 0.05) is 25.2 Å². The van der Waals surface area contributed by atoms with Gasteiger partial charge in [0.1, 0.15) is 0 Å². The van der Waals surface area contributed by atoms with Gasteiger partial charge in [-0.25, -0.2) is 0 Å². The molecule has 0 aliphatic carbocycles. The van der Waals surface area contributed by atoms with Crippen LogP contribution >= 0.6 is 0 Å². The molecular formula is C23H35N5O4. The van der Waals surface area contributed by atoms with Gasteiger partial charge >= 0.3 is 0 Å². The summed E-state index contributed by atoms with van der Waals surface area (Å²) in [6.45, 7) is 6.42. The van der Waals surface area contributed by atoms with E-state index < -0.39 is 0 Å². The van der Waals surface area contributed by atoms with Crippen molar-refractivity contribution >= 4 is 5.91 Å². The molecule has 32 heavy (non-hydrogen) atoms. The van der Waals surface area contributed by atoms with Crippen LogP contribution < -0.4 is 19.5 Å². The van der Waals surface area contributed by atoms with E-state index in [1.54, 1.807) is 32.2 Å². The number of piperidine rings is 1. The van der Waals surface area contributed by atoms with Crippen LogP contribution in [0.25, 0.3) is 0 Å². The van der Waals surface area contributed by atoms with Crippen LogP contribution in [0, 0.1) is 0 Å². The maximum absolute atomic E-state index is 12.1. The zero-order valence-corrected chi connectivity index (χ0v) is 19.8. The van der Waals surface area contributed by atoms with Crippen molar-refractivity contribution < 1.29 is 19.0 Å². The molecule has 2 aromatic rings. The number of methoxy groups -OCH3 is 3. The molecule has 1 amide bonds. The Morgan fingerprint density at radius 1 is 1.16 bits per heavy atom. The van der Waals surface area contributed by atoms with Gasteiger partial charge in [0.2, 0.25) is 5.75 Å². The molecule has 0 bridgehead atoms. The predicted molar refractivity (Wildman–Crippen MR) is 121 cm³/mol. The number of likely N-dealkylation sites (tertiary alicyclic amines) is 1. The number of nitrogens with zero attached hydrogens (tertiary/aromatic N) is 4. The second-order valence-electron chi connectivity index (χ2n) is 8.44. The van der Waals surface area contributed by atoms with Crippen molar-refractivity contribution in [2.75, 3.05) is 27.9 Å². The van der Waals surface area contributed by atoms with E-state index in [9.17, 15) is 4.79 Å². The van der Waals surface area contributed by atoms with E-state index in [2.05, 4.69) is 20.5 Å². The van der Waals surface area contributed by atoms with Gasteiger partial charge in [0.25, 0.3) is 5.91 Å². The number of carbonyl (C=O) groups excluding carboxylic acids is 1. The van der Waals surface area contributed by atoms with Crippen LogP contribution in [0.15, 0.2) is 18.3 Å². The molecule has 0 saturated carbocycles. The van der Waals surface area contributed by atoms with Crippen molar-refractivity contribution in [2.24, 2.45) is 0 Å². The summed E-state index contributed by atoms with van der Waals surface area (Å²) in [6, 6.07) is 4.53. The number of benzene rings is 1. The average Bonchev–Trinajstić information content (AvgIpc) is 3.26. The van der Waals surface area contributed by atoms with E-state index in [4.69, 9.17) is 14.2 Å². The Hall–Kier alpha value is -2.81. The van der Waals surface area contributed by atoms with Crippen LogP contribution in [0.5, 0.6) is 17.2 Å². The summed E-state index contributed by atoms with van der Waals surface area (Å²) in [4.78, 5) is 14.6. The normalized spacial score (nSPS) is 16.8. The van der Waals surface area contributed by atoms with Crippen LogP contribution in [0.2, 0.25) is 0 Å². The first-order chi connectivity index (χ1) is 15.4. The van der Waals surface area contributed by atoms with E-state index >= 15 is 0 Å². The highest BCUT2D eigenvalue weighted by atomic mass is 16.5. The van der Waals surface area contributed by atoms with Gasteiger partial charge < -0.3 is 19.5 Å². The number of ether oxygens (including phenoxy) is 3. The van der Waals surface area contributed by atoms with Crippen LogP contribution in [0.1, 0.15) is 55.6 Å². The highest BCUT2D eigenvalue weighted by molar-refractivity contribution is 5.91. The zero-order chi connectivity index (χ0) is 23.1. The molecule has 0 radical (unpaired) electrons. The van der Waals surface area contributed by atoms with Crippen molar-refractivity contribution in [2.45, 2.75) is 64.7 Å². The summed E-state index contributed by atoms with van der Waals surface area (Å²) in [6.07, 6.45) is 6.21. The maximum atomic E-state index is 12.1. The van der Waals surface area contributed by atoms with E-state index in [0.717, 1.165) is 38.0 Å². The van der Waals surface area contributed by atoms with Gasteiger partial charge in [0.05, 0.1) is 27.5 Å². The van der Waals surface area contributed by atoms with E-state index in [0.29, 0.717) is 29.0 Å². The van der Waals surface area contributed by atoms with Crippen molar-refractivity contribution in [1.82, 2.24) is 25.2 Å². The molecule has 0 unspecified atom stereocenters. The van der Waals surface area contributed by atoms with Crippen LogP contribution in [-0.4, -0.2) is 65.8 Å². The Labute approximate surface area is 190 Å². The molecule has 176 valence electrons. The molecule has 1 aliphatic heterocycles. The molecule has 9 nitrogen and oxygen atoms in total. The first kappa shape index (κ1) is 23.8. The lowest BCUT2D eigenvalue weighted by Crippen LogP contribution is -2.39. The molecule has 0 spiro atoms. The second-order valence-corrected chi connectivity index (χ2v) is 8.44. The molecule has 1 fully saturated rings. The molecule has 2 heterocycles. The summed E-state index contributed by atoms with van der Waals surface area (Å²) >= 11 is 0. The van der Waals surface area contributed by atoms with Gasteiger partial charge in [0.15, 0.2) is 17.2 Å². The van der Waals surface area contributed by atoms with E-state index in [1.807, 2.05) is 26.0 Å². The SMILES string of the molecule is COc1cc(CN2CCCC[C@H]2CCn2cc(C(=O)NC(C)C)nn2)cc(OC)c1OC. The number of hydrogen-bond acceptors (Lipinski definition) is 7. The standard InChI is InChI=1S/C23H35N5O4/c1-16(2)24-23(29)19-15-28(26-25-19)11-9-18-8-6-7-10-27(18)14-17-12-20(30-3)22(32-5)21(13-17)31-4/h12-13,15-16,18H,6-11,14H2,1-5H3,(H,24,29)/t18-/m0/s1. The quantitative estimate of drug-likeness (QED) is 0.601. The van der Waals surface area contributed by atoms with Crippen molar-refractivity contribution in [3.05, 3.63) is 29.6 Å². The Morgan fingerprint density at radius 2 is 1.88 bits per heavy atom. The van der Waals surface area contributed by atoms with Crippen LogP contribution in [0.4, 0.5) is 0 Å². The number of rotatable bonds is 10. The van der Waals surface area contributed by atoms with Gasteiger partial charge in [-0.1, -0.05) is 11.6 Å². The summed E-state index contributed by atoms with van der Waals surface area (Å²) in [5.41, 5.74) is 1.48. The molecule has 1 aromatic carbocycles. The number of aryl methyl sites for hydroxylation is 1. The summed E-state index contributed by atoms with van der Waals surface area (Å²) in [5, 5.41) is 11.0.